The van der Waals surface area contributed by atoms with Gasteiger partial charge in [0.25, 0.3) is 5.91 Å². The summed E-state index contributed by atoms with van der Waals surface area (Å²) in [5.74, 6) is -0.0762. The van der Waals surface area contributed by atoms with Crippen LogP contribution < -0.4 is 0 Å². The van der Waals surface area contributed by atoms with E-state index < -0.39 is 17.8 Å². The molecule has 2 heterocycles. The van der Waals surface area contributed by atoms with E-state index in [9.17, 15) is 18.0 Å². The summed E-state index contributed by atoms with van der Waals surface area (Å²) in [5, 5.41) is 0. The molecule has 0 aliphatic carbocycles. The van der Waals surface area contributed by atoms with Crippen molar-refractivity contribution in [2.75, 3.05) is 19.7 Å². The van der Waals surface area contributed by atoms with Gasteiger partial charge in [-0.3, -0.25) is 4.79 Å². The predicted octanol–water partition coefficient (Wildman–Crippen LogP) is 2.39. The molecule has 1 aromatic carbocycles. The zero-order valence-corrected chi connectivity index (χ0v) is 12.0. The highest BCUT2D eigenvalue weighted by Gasteiger charge is 2.44. The van der Waals surface area contributed by atoms with Crippen LogP contribution in [0.3, 0.4) is 0 Å². The summed E-state index contributed by atoms with van der Waals surface area (Å²) in [7, 11) is 0. The summed E-state index contributed by atoms with van der Waals surface area (Å²) < 4.78 is 48.4. The maximum Gasteiger partial charge on any atom is 0.416 e. The van der Waals surface area contributed by atoms with Gasteiger partial charge in [0.15, 0.2) is 6.10 Å². The number of epoxide rings is 1. The van der Waals surface area contributed by atoms with Crippen molar-refractivity contribution < 1.29 is 27.4 Å². The van der Waals surface area contributed by atoms with Crippen molar-refractivity contribution in [2.45, 2.75) is 31.4 Å². The van der Waals surface area contributed by atoms with E-state index in [1.165, 1.54) is 12.1 Å². The van der Waals surface area contributed by atoms with Crippen molar-refractivity contribution in [1.82, 2.24) is 4.90 Å². The maximum absolute atomic E-state index is 12.6. The molecule has 3 rings (SSSR count). The molecule has 2 aliphatic heterocycles. The standard InChI is InChI=1S/C15H16F3NO3/c1-9-13(22-9)14(20)19-6-7-21-12(8-19)10-2-4-11(5-3-10)15(16,17)18/h2-5,9,12-13H,6-8H2,1H3/t9-,12?,13+/m0/s1. The molecule has 0 aromatic heterocycles. The van der Waals surface area contributed by atoms with Crippen molar-refractivity contribution in [3.05, 3.63) is 35.4 Å². The minimum atomic E-state index is -4.35. The second-order valence-corrected chi connectivity index (χ2v) is 5.53. The van der Waals surface area contributed by atoms with E-state index in [0.29, 0.717) is 25.3 Å². The quantitative estimate of drug-likeness (QED) is 0.787. The van der Waals surface area contributed by atoms with Gasteiger partial charge in [0.05, 0.1) is 24.8 Å². The lowest BCUT2D eigenvalue weighted by molar-refractivity contribution is -0.140. The van der Waals surface area contributed by atoms with Gasteiger partial charge in [0.2, 0.25) is 0 Å². The molecule has 1 aromatic rings. The van der Waals surface area contributed by atoms with Crippen LogP contribution in [0.2, 0.25) is 0 Å². The first-order chi connectivity index (χ1) is 10.4. The molecule has 0 saturated carbocycles. The third-order valence-electron chi connectivity index (χ3n) is 3.94. The normalized spacial score (nSPS) is 28.5. The third-order valence-corrected chi connectivity index (χ3v) is 3.94. The minimum absolute atomic E-state index is 0.0557. The Morgan fingerprint density at radius 3 is 2.45 bits per heavy atom. The fourth-order valence-electron chi connectivity index (χ4n) is 2.56. The zero-order valence-electron chi connectivity index (χ0n) is 12.0. The van der Waals surface area contributed by atoms with E-state index in [0.717, 1.165) is 12.1 Å². The number of alkyl halides is 3. The van der Waals surface area contributed by atoms with Crippen LogP contribution in [0.4, 0.5) is 13.2 Å². The number of ether oxygens (including phenoxy) is 2. The van der Waals surface area contributed by atoms with Gasteiger partial charge in [-0.1, -0.05) is 12.1 Å². The van der Waals surface area contributed by atoms with E-state index in [1.807, 2.05) is 6.92 Å². The second-order valence-electron chi connectivity index (χ2n) is 5.53. The highest BCUT2D eigenvalue weighted by molar-refractivity contribution is 5.83. The molecule has 0 bridgehead atoms. The van der Waals surface area contributed by atoms with Crippen molar-refractivity contribution >= 4 is 5.91 Å². The van der Waals surface area contributed by atoms with Gasteiger partial charge in [0, 0.05) is 6.54 Å². The van der Waals surface area contributed by atoms with Crippen LogP contribution >= 0.6 is 0 Å². The van der Waals surface area contributed by atoms with Gasteiger partial charge in [-0.2, -0.15) is 13.2 Å². The molecule has 120 valence electrons. The fraction of sp³-hybridized carbons (Fsp3) is 0.533. The van der Waals surface area contributed by atoms with Gasteiger partial charge in [-0.05, 0) is 24.6 Å². The summed E-state index contributed by atoms with van der Waals surface area (Å²) >= 11 is 0. The monoisotopic (exact) mass is 315 g/mol. The predicted molar refractivity (Wildman–Crippen MR) is 71.1 cm³/mol. The minimum Gasteiger partial charge on any atom is -0.370 e. The first-order valence-electron chi connectivity index (χ1n) is 7.09. The Balaban J connectivity index is 1.68. The van der Waals surface area contributed by atoms with Crippen LogP contribution in [0.1, 0.15) is 24.2 Å². The Morgan fingerprint density at radius 1 is 1.27 bits per heavy atom. The highest BCUT2D eigenvalue weighted by Crippen LogP contribution is 2.32. The molecule has 4 nitrogen and oxygen atoms in total. The van der Waals surface area contributed by atoms with Crippen LogP contribution in [0.25, 0.3) is 0 Å². The smallest absolute Gasteiger partial charge is 0.370 e. The van der Waals surface area contributed by atoms with Gasteiger partial charge in [-0.15, -0.1) is 0 Å². The van der Waals surface area contributed by atoms with Crippen molar-refractivity contribution in [3.8, 4) is 0 Å². The number of carbonyl (C=O) groups is 1. The molecule has 1 amide bonds. The molecule has 7 heteroatoms. The zero-order chi connectivity index (χ0) is 15.9. The van der Waals surface area contributed by atoms with Crippen LogP contribution in [-0.2, 0) is 20.4 Å². The van der Waals surface area contributed by atoms with Crippen LogP contribution in [0.15, 0.2) is 24.3 Å². The number of nitrogens with zero attached hydrogens (tertiary/aromatic N) is 1. The number of morpholine rings is 1. The lowest BCUT2D eigenvalue weighted by Gasteiger charge is -2.33. The average Bonchev–Trinajstić information content (AvgIpc) is 3.23. The average molecular weight is 315 g/mol. The molecule has 2 aliphatic rings. The van der Waals surface area contributed by atoms with E-state index in [4.69, 9.17) is 9.47 Å². The Morgan fingerprint density at radius 2 is 1.91 bits per heavy atom. The first kappa shape index (κ1) is 15.3. The molecule has 2 saturated heterocycles. The number of hydrogen-bond acceptors (Lipinski definition) is 3. The van der Waals surface area contributed by atoms with Crippen molar-refractivity contribution in [1.29, 1.82) is 0 Å². The Hall–Kier alpha value is -1.60. The molecule has 1 unspecified atom stereocenters. The molecule has 0 spiro atoms. The number of halogens is 3. The summed E-state index contributed by atoms with van der Waals surface area (Å²) in [5.41, 5.74) is -0.0598. The van der Waals surface area contributed by atoms with E-state index >= 15 is 0 Å². The third kappa shape index (κ3) is 3.10. The molecule has 0 N–H and O–H groups in total. The molecule has 0 radical (unpaired) electrons. The van der Waals surface area contributed by atoms with Gasteiger partial charge in [0.1, 0.15) is 6.10 Å². The number of amides is 1. The van der Waals surface area contributed by atoms with E-state index in [-0.39, 0.29) is 18.1 Å². The number of benzene rings is 1. The SMILES string of the molecule is C[C@@H]1O[C@H]1C(=O)N1CCOC(c2ccc(C(F)(F)F)cc2)C1. The van der Waals surface area contributed by atoms with Gasteiger partial charge >= 0.3 is 6.18 Å². The van der Waals surface area contributed by atoms with E-state index in [2.05, 4.69) is 0 Å². The maximum atomic E-state index is 12.6. The molecule has 22 heavy (non-hydrogen) atoms. The van der Waals surface area contributed by atoms with Gasteiger partial charge < -0.3 is 14.4 Å². The molecular weight excluding hydrogens is 299 g/mol. The van der Waals surface area contributed by atoms with Crippen LogP contribution in [0.5, 0.6) is 0 Å². The number of hydrogen-bond donors (Lipinski definition) is 0. The first-order valence-corrected chi connectivity index (χ1v) is 7.09. The van der Waals surface area contributed by atoms with Crippen LogP contribution in [-0.4, -0.2) is 42.7 Å². The van der Waals surface area contributed by atoms with Gasteiger partial charge in [-0.25, -0.2) is 0 Å². The van der Waals surface area contributed by atoms with Crippen molar-refractivity contribution in [2.24, 2.45) is 0 Å². The van der Waals surface area contributed by atoms with E-state index in [1.54, 1.807) is 4.90 Å². The second kappa shape index (κ2) is 5.55. The van der Waals surface area contributed by atoms with Crippen LogP contribution in [0, 0.1) is 0 Å². The number of carbonyl (C=O) groups excluding carboxylic acids is 1. The summed E-state index contributed by atoms with van der Waals surface area (Å²) in [4.78, 5) is 13.8. The Labute approximate surface area is 125 Å². The molecular formula is C15H16F3NO3. The molecule has 3 atom stereocenters. The number of rotatable bonds is 2. The van der Waals surface area contributed by atoms with Crippen molar-refractivity contribution in [3.63, 3.8) is 0 Å². The topological polar surface area (TPSA) is 42.1 Å². The summed E-state index contributed by atoms with van der Waals surface area (Å²) in [6, 6.07) is 4.87. The summed E-state index contributed by atoms with van der Waals surface area (Å²) in [6.45, 7) is 2.99. The lowest BCUT2D eigenvalue weighted by atomic mass is 10.0. The summed E-state index contributed by atoms with van der Waals surface area (Å²) in [6.07, 6.45) is -5.20. The molecule has 2 fully saturated rings. The fourth-order valence-corrected chi connectivity index (χ4v) is 2.56. The largest absolute Gasteiger partial charge is 0.416 e. The Kier molecular flexibility index (Phi) is 3.86. The highest BCUT2D eigenvalue weighted by atomic mass is 19.4. The lowest BCUT2D eigenvalue weighted by Crippen LogP contribution is -2.44. The Bertz CT molecular complexity index is 558.